The molecule has 1 aromatic heterocycles. The Hall–Kier alpha value is -1.74. The maximum absolute atomic E-state index is 12.0. The lowest BCUT2D eigenvalue weighted by atomic mass is 10.1. The van der Waals surface area contributed by atoms with Crippen LogP contribution in [0.2, 0.25) is 5.02 Å². The number of rotatable bonds is 5. The molecule has 0 bridgehead atoms. The third kappa shape index (κ3) is 4.14. The largest absolute Gasteiger partial charge is 0.469 e. The first kappa shape index (κ1) is 13.7. The van der Waals surface area contributed by atoms with E-state index < -0.39 is 0 Å². The first-order valence-electron chi connectivity index (χ1n) is 6.24. The summed E-state index contributed by atoms with van der Waals surface area (Å²) in [6.07, 6.45) is 3.31. The molecular formula is C15H16ClNO2. The predicted octanol–water partition coefficient (Wildman–Crippen LogP) is 3.68. The van der Waals surface area contributed by atoms with Crippen molar-refractivity contribution in [1.29, 1.82) is 0 Å². The monoisotopic (exact) mass is 277 g/mol. The lowest BCUT2D eigenvalue weighted by molar-refractivity contribution is 0.0938. The van der Waals surface area contributed by atoms with Gasteiger partial charge in [-0.1, -0.05) is 11.6 Å². The number of hydrogen-bond acceptors (Lipinski definition) is 2. The van der Waals surface area contributed by atoms with Crippen LogP contribution in [0.5, 0.6) is 0 Å². The zero-order valence-electron chi connectivity index (χ0n) is 10.7. The molecule has 0 radical (unpaired) electrons. The second-order valence-electron chi connectivity index (χ2n) is 4.50. The Balaban J connectivity index is 1.83. The van der Waals surface area contributed by atoms with Gasteiger partial charge in [-0.3, -0.25) is 4.79 Å². The number of benzene rings is 1. The van der Waals surface area contributed by atoms with Crippen molar-refractivity contribution >= 4 is 17.5 Å². The van der Waals surface area contributed by atoms with Gasteiger partial charge >= 0.3 is 0 Å². The normalized spacial score (nSPS) is 12.1. The molecule has 19 heavy (non-hydrogen) atoms. The second-order valence-corrected chi connectivity index (χ2v) is 4.94. The molecule has 2 aromatic rings. The first-order valence-corrected chi connectivity index (χ1v) is 6.62. The van der Waals surface area contributed by atoms with Crippen molar-refractivity contribution in [3.05, 3.63) is 59.0 Å². The van der Waals surface area contributed by atoms with Gasteiger partial charge in [0, 0.05) is 23.0 Å². The van der Waals surface area contributed by atoms with E-state index in [0.29, 0.717) is 10.6 Å². The average molecular weight is 278 g/mol. The topological polar surface area (TPSA) is 42.2 Å². The molecule has 2 rings (SSSR count). The predicted molar refractivity (Wildman–Crippen MR) is 75.4 cm³/mol. The van der Waals surface area contributed by atoms with E-state index in [1.54, 1.807) is 30.5 Å². The highest BCUT2D eigenvalue weighted by Gasteiger charge is 2.10. The number of furan rings is 1. The van der Waals surface area contributed by atoms with E-state index >= 15 is 0 Å². The Morgan fingerprint density at radius 1 is 1.32 bits per heavy atom. The van der Waals surface area contributed by atoms with Gasteiger partial charge in [-0.25, -0.2) is 0 Å². The highest BCUT2D eigenvalue weighted by molar-refractivity contribution is 6.30. The number of aryl methyl sites for hydroxylation is 1. The van der Waals surface area contributed by atoms with E-state index in [4.69, 9.17) is 16.0 Å². The molecule has 1 aromatic carbocycles. The van der Waals surface area contributed by atoms with Crippen LogP contribution in [0.15, 0.2) is 47.1 Å². The van der Waals surface area contributed by atoms with E-state index in [-0.39, 0.29) is 11.9 Å². The summed E-state index contributed by atoms with van der Waals surface area (Å²) in [6, 6.07) is 10.8. The third-order valence-electron chi connectivity index (χ3n) is 2.89. The van der Waals surface area contributed by atoms with Gasteiger partial charge in [0.25, 0.3) is 5.91 Å². The van der Waals surface area contributed by atoms with Crippen molar-refractivity contribution in [2.45, 2.75) is 25.8 Å². The van der Waals surface area contributed by atoms with Crippen LogP contribution in [0.25, 0.3) is 0 Å². The van der Waals surface area contributed by atoms with Crippen LogP contribution in [-0.4, -0.2) is 11.9 Å². The molecule has 0 aliphatic heterocycles. The average Bonchev–Trinajstić information content (AvgIpc) is 2.90. The number of carbonyl (C=O) groups excluding carboxylic acids is 1. The van der Waals surface area contributed by atoms with E-state index in [0.717, 1.165) is 18.6 Å². The summed E-state index contributed by atoms with van der Waals surface area (Å²) < 4.78 is 5.26. The summed E-state index contributed by atoms with van der Waals surface area (Å²) in [6.45, 7) is 1.98. The smallest absolute Gasteiger partial charge is 0.251 e. The minimum Gasteiger partial charge on any atom is -0.469 e. The molecule has 4 heteroatoms. The number of amides is 1. The fourth-order valence-corrected chi connectivity index (χ4v) is 1.92. The van der Waals surface area contributed by atoms with Gasteiger partial charge in [0.05, 0.1) is 6.26 Å². The fraction of sp³-hybridized carbons (Fsp3) is 0.267. The molecule has 1 N–H and O–H groups in total. The summed E-state index contributed by atoms with van der Waals surface area (Å²) >= 11 is 5.79. The van der Waals surface area contributed by atoms with Crippen LogP contribution in [0, 0.1) is 0 Å². The van der Waals surface area contributed by atoms with Gasteiger partial charge in [0.2, 0.25) is 0 Å². The molecule has 3 nitrogen and oxygen atoms in total. The van der Waals surface area contributed by atoms with Crippen molar-refractivity contribution in [2.24, 2.45) is 0 Å². The molecule has 0 spiro atoms. The Labute approximate surface area is 117 Å². The van der Waals surface area contributed by atoms with Crippen LogP contribution >= 0.6 is 11.6 Å². The SMILES string of the molecule is CC(CCc1ccco1)NC(=O)c1ccc(Cl)cc1. The standard InChI is InChI=1S/C15H16ClNO2/c1-11(4-9-14-3-2-10-19-14)17-15(18)12-5-7-13(16)8-6-12/h2-3,5-8,10-11H,4,9H2,1H3,(H,17,18). The van der Waals surface area contributed by atoms with Crippen LogP contribution in [0.4, 0.5) is 0 Å². The van der Waals surface area contributed by atoms with Gasteiger partial charge in [0.1, 0.15) is 5.76 Å². The van der Waals surface area contributed by atoms with Crippen LogP contribution in [0.1, 0.15) is 29.5 Å². The summed E-state index contributed by atoms with van der Waals surface area (Å²) in [4.78, 5) is 12.0. The van der Waals surface area contributed by atoms with E-state index in [1.807, 2.05) is 19.1 Å². The van der Waals surface area contributed by atoms with E-state index in [9.17, 15) is 4.79 Å². The summed E-state index contributed by atoms with van der Waals surface area (Å²) in [7, 11) is 0. The Kier molecular flexibility index (Phi) is 4.63. The Morgan fingerprint density at radius 3 is 2.68 bits per heavy atom. The lowest BCUT2D eigenvalue weighted by Gasteiger charge is -2.13. The van der Waals surface area contributed by atoms with E-state index in [2.05, 4.69) is 5.32 Å². The maximum Gasteiger partial charge on any atom is 0.251 e. The molecule has 0 saturated carbocycles. The van der Waals surface area contributed by atoms with E-state index in [1.165, 1.54) is 0 Å². The van der Waals surface area contributed by atoms with Gasteiger partial charge < -0.3 is 9.73 Å². The Bertz CT molecular complexity index is 520. The third-order valence-corrected chi connectivity index (χ3v) is 3.14. The van der Waals surface area contributed by atoms with Crippen molar-refractivity contribution in [2.75, 3.05) is 0 Å². The fourth-order valence-electron chi connectivity index (χ4n) is 1.79. The van der Waals surface area contributed by atoms with Gasteiger partial charge in [-0.15, -0.1) is 0 Å². The summed E-state index contributed by atoms with van der Waals surface area (Å²) in [5.74, 6) is 0.858. The quantitative estimate of drug-likeness (QED) is 0.906. The molecule has 1 atom stereocenters. The van der Waals surface area contributed by atoms with Gasteiger partial charge in [-0.2, -0.15) is 0 Å². The molecule has 1 amide bonds. The summed E-state index contributed by atoms with van der Waals surface area (Å²) in [5.41, 5.74) is 0.620. The van der Waals surface area contributed by atoms with Crippen molar-refractivity contribution in [1.82, 2.24) is 5.32 Å². The highest BCUT2D eigenvalue weighted by atomic mass is 35.5. The molecule has 0 aliphatic rings. The molecular weight excluding hydrogens is 262 g/mol. The zero-order chi connectivity index (χ0) is 13.7. The Morgan fingerprint density at radius 2 is 2.05 bits per heavy atom. The van der Waals surface area contributed by atoms with Crippen molar-refractivity contribution < 1.29 is 9.21 Å². The van der Waals surface area contributed by atoms with Gasteiger partial charge in [0.15, 0.2) is 0 Å². The molecule has 0 aliphatic carbocycles. The minimum absolute atomic E-state index is 0.0800. The number of halogens is 1. The number of hydrogen-bond donors (Lipinski definition) is 1. The lowest BCUT2D eigenvalue weighted by Crippen LogP contribution is -2.32. The van der Waals surface area contributed by atoms with Crippen LogP contribution < -0.4 is 5.32 Å². The molecule has 100 valence electrons. The molecule has 1 heterocycles. The maximum atomic E-state index is 12.0. The van der Waals surface area contributed by atoms with Crippen molar-refractivity contribution in [3.8, 4) is 0 Å². The van der Waals surface area contributed by atoms with Crippen LogP contribution in [-0.2, 0) is 6.42 Å². The molecule has 0 fully saturated rings. The second kappa shape index (κ2) is 6.43. The first-order chi connectivity index (χ1) is 9.15. The van der Waals surface area contributed by atoms with Crippen molar-refractivity contribution in [3.63, 3.8) is 0 Å². The number of nitrogens with one attached hydrogen (secondary N) is 1. The van der Waals surface area contributed by atoms with Crippen LogP contribution in [0.3, 0.4) is 0 Å². The number of carbonyl (C=O) groups is 1. The molecule has 1 unspecified atom stereocenters. The molecule has 0 saturated heterocycles. The zero-order valence-corrected chi connectivity index (χ0v) is 11.5. The minimum atomic E-state index is -0.0800. The van der Waals surface area contributed by atoms with Gasteiger partial charge in [-0.05, 0) is 49.7 Å². The summed E-state index contributed by atoms with van der Waals surface area (Å²) in [5, 5.41) is 3.58. The highest BCUT2D eigenvalue weighted by Crippen LogP contribution is 2.10.